The van der Waals surface area contributed by atoms with Crippen LogP contribution in [-0.4, -0.2) is 35.9 Å². The minimum absolute atomic E-state index is 0.216. The molecule has 0 spiro atoms. The van der Waals surface area contributed by atoms with E-state index in [1.165, 1.54) is 29.2 Å². The summed E-state index contributed by atoms with van der Waals surface area (Å²) in [7, 11) is 0. The van der Waals surface area contributed by atoms with Gasteiger partial charge in [-0.15, -0.1) is 0 Å². The summed E-state index contributed by atoms with van der Waals surface area (Å²) in [6.07, 6.45) is 0.811. The molecule has 28 heavy (non-hydrogen) atoms. The molecule has 1 atom stereocenters. The Labute approximate surface area is 173 Å². The second kappa shape index (κ2) is 10.8. The lowest BCUT2D eigenvalue weighted by atomic mass is 10.1. The number of hydrogen-bond acceptors (Lipinski definition) is 3. The quantitative estimate of drug-likeness (QED) is 0.629. The topological polar surface area (TPSA) is 58.6 Å². The van der Waals surface area contributed by atoms with E-state index in [9.17, 15) is 14.0 Å². The molecule has 2 aromatic carbocycles. The third-order valence-electron chi connectivity index (χ3n) is 4.13. The zero-order chi connectivity index (χ0) is 20.5. The molecule has 5 nitrogen and oxygen atoms in total. The van der Waals surface area contributed by atoms with Crippen molar-refractivity contribution in [3.05, 3.63) is 64.4 Å². The van der Waals surface area contributed by atoms with Gasteiger partial charge < -0.3 is 15.0 Å². The summed E-state index contributed by atoms with van der Waals surface area (Å²) in [5.41, 5.74) is 0.889. The summed E-state index contributed by atoms with van der Waals surface area (Å²) >= 11 is 3.42. The van der Waals surface area contributed by atoms with Gasteiger partial charge >= 0.3 is 0 Å². The highest BCUT2D eigenvalue weighted by atomic mass is 79.9. The van der Waals surface area contributed by atoms with Crippen LogP contribution in [0.15, 0.2) is 53.0 Å². The summed E-state index contributed by atoms with van der Waals surface area (Å²) < 4.78 is 19.4. The van der Waals surface area contributed by atoms with Crippen LogP contribution in [0.1, 0.15) is 25.8 Å². The Morgan fingerprint density at radius 1 is 1.21 bits per heavy atom. The van der Waals surface area contributed by atoms with Gasteiger partial charge in [-0.2, -0.15) is 0 Å². The van der Waals surface area contributed by atoms with Gasteiger partial charge in [-0.3, -0.25) is 9.59 Å². The number of nitrogens with one attached hydrogen (secondary N) is 1. The molecule has 0 aliphatic rings. The lowest BCUT2D eigenvalue weighted by Crippen LogP contribution is -2.49. The van der Waals surface area contributed by atoms with Gasteiger partial charge in [0.25, 0.3) is 5.91 Å². The number of carbonyl (C=O) groups is 2. The van der Waals surface area contributed by atoms with Crippen LogP contribution in [0, 0.1) is 5.82 Å². The zero-order valence-corrected chi connectivity index (χ0v) is 17.5. The molecule has 0 bridgehead atoms. The van der Waals surface area contributed by atoms with Crippen LogP contribution >= 0.6 is 15.9 Å². The van der Waals surface area contributed by atoms with Gasteiger partial charge in [0, 0.05) is 17.6 Å². The molecule has 2 rings (SSSR count). The van der Waals surface area contributed by atoms with Gasteiger partial charge in [0.15, 0.2) is 6.61 Å². The molecule has 2 amide bonds. The first-order valence-corrected chi connectivity index (χ1v) is 9.90. The third kappa shape index (κ3) is 6.64. The SMILES string of the molecule is CCCNC(=O)[C@@H](C)N(Cc1cccc(Br)c1)C(=O)COc1ccc(F)cc1. The predicted molar refractivity (Wildman–Crippen MR) is 109 cm³/mol. The summed E-state index contributed by atoms with van der Waals surface area (Å²) in [6.45, 7) is 4.23. The van der Waals surface area contributed by atoms with E-state index in [0.717, 1.165) is 16.5 Å². The lowest BCUT2D eigenvalue weighted by molar-refractivity contribution is -0.142. The van der Waals surface area contributed by atoms with Crippen molar-refractivity contribution in [3.8, 4) is 5.75 Å². The Morgan fingerprint density at radius 2 is 1.93 bits per heavy atom. The van der Waals surface area contributed by atoms with E-state index >= 15 is 0 Å². The number of benzene rings is 2. The molecule has 150 valence electrons. The zero-order valence-electron chi connectivity index (χ0n) is 16.0. The van der Waals surface area contributed by atoms with E-state index < -0.39 is 6.04 Å². The van der Waals surface area contributed by atoms with Gasteiger partial charge in [-0.05, 0) is 55.3 Å². The van der Waals surface area contributed by atoms with Crippen molar-refractivity contribution in [1.29, 1.82) is 0 Å². The Hall–Kier alpha value is -2.41. The van der Waals surface area contributed by atoms with Crippen molar-refractivity contribution in [2.45, 2.75) is 32.9 Å². The maximum Gasteiger partial charge on any atom is 0.261 e. The van der Waals surface area contributed by atoms with Crippen molar-refractivity contribution in [2.75, 3.05) is 13.2 Å². The maximum atomic E-state index is 13.0. The lowest BCUT2D eigenvalue weighted by Gasteiger charge is -2.28. The van der Waals surface area contributed by atoms with E-state index in [0.29, 0.717) is 12.3 Å². The van der Waals surface area contributed by atoms with Crippen molar-refractivity contribution in [1.82, 2.24) is 10.2 Å². The first-order valence-electron chi connectivity index (χ1n) is 9.10. The molecule has 0 heterocycles. The summed E-state index contributed by atoms with van der Waals surface area (Å²) in [4.78, 5) is 26.7. The van der Waals surface area contributed by atoms with Crippen LogP contribution in [0.2, 0.25) is 0 Å². The molecule has 0 radical (unpaired) electrons. The minimum Gasteiger partial charge on any atom is -0.484 e. The van der Waals surface area contributed by atoms with E-state index in [1.807, 2.05) is 31.2 Å². The van der Waals surface area contributed by atoms with Gasteiger partial charge in [-0.1, -0.05) is 35.0 Å². The van der Waals surface area contributed by atoms with Gasteiger partial charge in [-0.25, -0.2) is 4.39 Å². The van der Waals surface area contributed by atoms with Crippen LogP contribution < -0.4 is 10.1 Å². The van der Waals surface area contributed by atoms with E-state index in [-0.39, 0.29) is 30.8 Å². The molecular weight excluding hydrogens is 427 g/mol. The highest BCUT2D eigenvalue weighted by molar-refractivity contribution is 9.10. The molecule has 0 aliphatic carbocycles. The van der Waals surface area contributed by atoms with Crippen LogP contribution in [0.4, 0.5) is 4.39 Å². The largest absolute Gasteiger partial charge is 0.484 e. The summed E-state index contributed by atoms with van der Waals surface area (Å²) in [5, 5.41) is 2.82. The van der Waals surface area contributed by atoms with Gasteiger partial charge in [0.05, 0.1) is 0 Å². The average molecular weight is 451 g/mol. The normalized spacial score (nSPS) is 11.6. The van der Waals surface area contributed by atoms with E-state index in [4.69, 9.17) is 4.74 Å². The molecule has 0 saturated heterocycles. The Balaban J connectivity index is 2.12. The van der Waals surface area contributed by atoms with Crippen molar-refractivity contribution >= 4 is 27.7 Å². The molecule has 0 unspecified atom stereocenters. The second-order valence-corrected chi connectivity index (χ2v) is 7.28. The van der Waals surface area contributed by atoms with Crippen LogP contribution in [0.3, 0.4) is 0 Å². The number of rotatable bonds is 9. The van der Waals surface area contributed by atoms with Crippen LogP contribution in [-0.2, 0) is 16.1 Å². The summed E-state index contributed by atoms with van der Waals surface area (Å²) in [6, 6.07) is 12.3. The maximum absolute atomic E-state index is 13.0. The Bertz CT molecular complexity index is 798. The van der Waals surface area contributed by atoms with Crippen molar-refractivity contribution in [3.63, 3.8) is 0 Å². The first-order chi connectivity index (χ1) is 13.4. The molecule has 2 aromatic rings. The van der Waals surface area contributed by atoms with Gasteiger partial charge in [0.1, 0.15) is 17.6 Å². The van der Waals surface area contributed by atoms with Crippen LogP contribution in [0.5, 0.6) is 5.75 Å². The first kappa shape index (κ1) is 21.9. The molecule has 0 fully saturated rings. The fraction of sp³-hybridized carbons (Fsp3) is 0.333. The average Bonchev–Trinajstić information content (AvgIpc) is 2.69. The fourth-order valence-electron chi connectivity index (χ4n) is 2.57. The Morgan fingerprint density at radius 3 is 2.57 bits per heavy atom. The highest BCUT2D eigenvalue weighted by Crippen LogP contribution is 2.16. The number of carbonyl (C=O) groups excluding carboxylic acids is 2. The number of nitrogens with zero attached hydrogens (tertiary/aromatic N) is 1. The molecular formula is C21H24BrFN2O3. The molecule has 7 heteroatoms. The number of amides is 2. The van der Waals surface area contributed by atoms with Crippen LogP contribution in [0.25, 0.3) is 0 Å². The monoisotopic (exact) mass is 450 g/mol. The second-order valence-electron chi connectivity index (χ2n) is 6.36. The highest BCUT2D eigenvalue weighted by Gasteiger charge is 2.26. The number of halogens is 2. The van der Waals surface area contributed by atoms with Crippen molar-refractivity contribution < 1.29 is 18.7 Å². The fourth-order valence-corrected chi connectivity index (χ4v) is 3.02. The van der Waals surface area contributed by atoms with Gasteiger partial charge in [0.2, 0.25) is 5.91 Å². The smallest absolute Gasteiger partial charge is 0.261 e. The molecule has 1 N–H and O–H groups in total. The Kier molecular flexibility index (Phi) is 8.44. The minimum atomic E-state index is -0.658. The third-order valence-corrected chi connectivity index (χ3v) is 4.63. The van der Waals surface area contributed by atoms with E-state index in [2.05, 4.69) is 21.2 Å². The molecule has 0 aliphatic heterocycles. The number of hydrogen-bond donors (Lipinski definition) is 1. The van der Waals surface area contributed by atoms with E-state index in [1.54, 1.807) is 6.92 Å². The predicted octanol–water partition coefficient (Wildman–Crippen LogP) is 3.91. The number of ether oxygens (including phenoxy) is 1. The molecule has 0 saturated carbocycles. The molecule has 0 aromatic heterocycles. The standard InChI is InChI=1S/C21H24BrFN2O3/c1-3-11-24-21(27)15(2)25(13-16-5-4-6-17(22)12-16)20(26)14-28-19-9-7-18(23)8-10-19/h4-10,12,15H,3,11,13-14H2,1-2H3,(H,24,27)/t15-/m1/s1. The summed E-state index contributed by atoms with van der Waals surface area (Å²) in [5.74, 6) is -0.535. The van der Waals surface area contributed by atoms with Crippen molar-refractivity contribution in [2.24, 2.45) is 0 Å².